The fourth-order valence-electron chi connectivity index (χ4n) is 2.39. The summed E-state index contributed by atoms with van der Waals surface area (Å²) in [5, 5.41) is 4.22. The van der Waals surface area contributed by atoms with Crippen molar-refractivity contribution in [1.29, 1.82) is 0 Å². The second-order valence-electron chi connectivity index (χ2n) is 7.24. The lowest BCUT2D eigenvalue weighted by Crippen LogP contribution is -2.44. The molecule has 0 aliphatic carbocycles. The summed E-state index contributed by atoms with van der Waals surface area (Å²) in [7, 11) is 0. The number of hydrogen-bond donors (Lipinski definition) is 2. The molecule has 0 fully saturated rings. The molecule has 26 heavy (non-hydrogen) atoms. The molecular formula is C19H26N4O2S. The summed E-state index contributed by atoms with van der Waals surface area (Å²) >= 11 is 1.43. The molecule has 2 N–H and O–H groups in total. The minimum Gasteiger partial charge on any atom is -0.272 e. The fraction of sp³-hybridized carbons (Fsp3) is 0.421. The van der Waals surface area contributed by atoms with E-state index in [1.165, 1.54) is 17.3 Å². The molecule has 1 aromatic carbocycles. The quantitative estimate of drug-likeness (QED) is 0.623. The van der Waals surface area contributed by atoms with Crippen LogP contribution in [0.3, 0.4) is 0 Å². The van der Waals surface area contributed by atoms with Crippen LogP contribution in [0, 0.1) is 13.8 Å². The van der Waals surface area contributed by atoms with Crippen molar-refractivity contribution in [3.63, 3.8) is 0 Å². The maximum Gasteiger partial charge on any atom is 0.260 e. The molecule has 0 saturated carbocycles. The molecule has 7 heteroatoms. The Morgan fingerprint density at radius 1 is 1.08 bits per heavy atom. The highest BCUT2D eigenvalue weighted by molar-refractivity contribution is 8.00. The number of aryl methyl sites for hydroxylation is 2. The lowest BCUT2D eigenvalue weighted by molar-refractivity contribution is -0.128. The minimum absolute atomic E-state index is 0.0708. The first kappa shape index (κ1) is 20.0. The van der Waals surface area contributed by atoms with Gasteiger partial charge in [-0.05, 0) is 43.0 Å². The van der Waals surface area contributed by atoms with E-state index in [0.29, 0.717) is 0 Å². The van der Waals surface area contributed by atoms with Crippen LogP contribution in [0.2, 0.25) is 0 Å². The van der Waals surface area contributed by atoms with Crippen molar-refractivity contribution >= 4 is 23.6 Å². The second kappa shape index (κ2) is 8.40. The zero-order valence-corrected chi connectivity index (χ0v) is 16.7. The second-order valence-corrected chi connectivity index (χ2v) is 8.29. The highest BCUT2D eigenvalue weighted by Gasteiger charge is 2.13. The van der Waals surface area contributed by atoms with Gasteiger partial charge in [0, 0.05) is 10.6 Å². The van der Waals surface area contributed by atoms with Crippen LogP contribution in [0.15, 0.2) is 35.2 Å². The summed E-state index contributed by atoms with van der Waals surface area (Å²) < 4.78 is 1.60. The van der Waals surface area contributed by atoms with Gasteiger partial charge in [0.15, 0.2) is 0 Å². The minimum atomic E-state index is -0.316. The third kappa shape index (κ3) is 5.91. The van der Waals surface area contributed by atoms with E-state index in [4.69, 9.17) is 0 Å². The van der Waals surface area contributed by atoms with E-state index in [1.54, 1.807) is 4.68 Å². The maximum atomic E-state index is 11.9. The molecule has 0 radical (unpaired) electrons. The van der Waals surface area contributed by atoms with Crippen LogP contribution in [0.5, 0.6) is 0 Å². The zero-order chi connectivity index (χ0) is 19.3. The van der Waals surface area contributed by atoms with Gasteiger partial charge >= 0.3 is 0 Å². The number of amides is 2. The molecule has 0 atom stereocenters. The summed E-state index contributed by atoms with van der Waals surface area (Å²) in [6.45, 7) is 10.3. The van der Waals surface area contributed by atoms with E-state index in [9.17, 15) is 9.59 Å². The predicted octanol–water partition coefficient (Wildman–Crippen LogP) is 2.74. The van der Waals surface area contributed by atoms with Crippen molar-refractivity contribution < 1.29 is 9.59 Å². The Morgan fingerprint density at radius 3 is 2.23 bits per heavy atom. The van der Waals surface area contributed by atoms with Crippen molar-refractivity contribution in [3.05, 3.63) is 47.3 Å². The number of nitrogens with zero attached hydrogens (tertiary/aromatic N) is 2. The molecule has 1 aromatic heterocycles. The van der Waals surface area contributed by atoms with Gasteiger partial charge in [-0.15, -0.1) is 11.8 Å². The third-order valence-corrected chi connectivity index (χ3v) is 4.84. The van der Waals surface area contributed by atoms with Crippen LogP contribution in [0.4, 0.5) is 0 Å². The molecule has 0 bridgehead atoms. The van der Waals surface area contributed by atoms with Crippen LogP contribution in [-0.2, 0) is 21.5 Å². The van der Waals surface area contributed by atoms with Crippen LogP contribution < -0.4 is 10.9 Å². The maximum absolute atomic E-state index is 11.9. The topological polar surface area (TPSA) is 76.0 Å². The Labute approximate surface area is 158 Å². The van der Waals surface area contributed by atoms with Crippen LogP contribution in [-0.4, -0.2) is 27.3 Å². The van der Waals surface area contributed by atoms with Crippen molar-refractivity contribution in [2.75, 3.05) is 5.75 Å². The van der Waals surface area contributed by atoms with E-state index < -0.39 is 0 Å². The van der Waals surface area contributed by atoms with Gasteiger partial charge in [0.2, 0.25) is 5.91 Å². The number of rotatable bonds is 5. The molecule has 2 rings (SSSR count). The van der Waals surface area contributed by atoms with Crippen LogP contribution in [0.25, 0.3) is 0 Å². The molecule has 0 unspecified atom stereocenters. The highest BCUT2D eigenvalue weighted by Crippen LogP contribution is 2.25. The van der Waals surface area contributed by atoms with Crippen LogP contribution >= 0.6 is 11.8 Å². The van der Waals surface area contributed by atoms with Gasteiger partial charge in [-0.1, -0.05) is 32.9 Å². The fourth-order valence-corrected chi connectivity index (χ4v) is 3.08. The van der Waals surface area contributed by atoms with E-state index >= 15 is 0 Å². The zero-order valence-electron chi connectivity index (χ0n) is 15.9. The summed E-state index contributed by atoms with van der Waals surface area (Å²) in [6.07, 6.45) is 0. The van der Waals surface area contributed by atoms with Gasteiger partial charge in [0.1, 0.15) is 6.54 Å². The molecule has 0 saturated heterocycles. The Morgan fingerprint density at radius 2 is 1.69 bits per heavy atom. The van der Waals surface area contributed by atoms with E-state index in [1.807, 2.05) is 32.0 Å². The predicted molar refractivity (Wildman–Crippen MR) is 104 cm³/mol. The number of aromatic nitrogens is 2. The van der Waals surface area contributed by atoms with Gasteiger partial charge in [0.25, 0.3) is 5.91 Å². The van der Waals surface area contributed by atoms with Gasteiger partial charge in [-0.3, -0.25) is 25.1 Å². The van der Waals surface area contributed by atoms with E-state index in [2.05, 4.69) is 48.9 Å². The lowest BCUT2D eigenvalue weighted by atomic mass is 9.87. The van der Waals surface area contributed by atoms with Gasteiger partial charge in [-0.25, -0.2) is 0 Å². The Kier molecular flexibility index (Phi) is 6.47. The third-order valence-electron chi connectivity index (χ3n) is 3.83. The molecule has 2 amide bonds. The van der Waals surface area contributed by atoms with Crippen molar-refractivity contribution in [3.8, 4) is 0 Å². The molecule has 6 nitrogen and oxygen atoms in total. The number of carbonyl (C=O) groups excluding carboxylic acids is 2. The molecule has 0 spiro atoms. The molecule has 1 heterocycles. The molecule has 0 aliphatic heterocycles. The number of thioether (sulfide) groups is 1. The van der Waals surface area contributed by atoms with Gasteiger partial charge in [0.05, 0.1) is 11.4 Å². The summed E-state index contributed by atoms with van der Waals surface area (Å²) in [5.74, 6) is -0.338. The first-order chi connectivity index (χ1) is 12.1. The average molecular weight is 375 g/mol. The van der Waals surface area contributed by atoms with Gasteiger partial charge in [-0.2, -0.15) is 5.10 Å². The van der Waals surface area contributed by atoms with E-state index in [-0.39, 0.29) is 29.5 Å². The molecule has 140 valence electrons. The Balaban J connectivity index is 1.75. The highest BCUT2D eigenvalue weighted by atomic mass is 32.2. The normalized spacial score (nSPS) is 11.3. The Bertz CT molecular complexity index is 776. The standard InChI is InChI=1S/C19H26N4O2S/c1-13-10-14(2)23(22-13)11-17(24)20-21-18(25)12-26-16-8-6-15(7-9-16)19(3,4)5/h6-10H,11-12H2,1-5H3,(H,20,24)(H,21,25). The average Bonchev–Trinajstić information content (AvgIpc) is 2.88. The van der Waals surface area contributed by atoms with Crippen LogP contribution in [0.1, 0.15) is 37.7 Å². The first-order valence-electron chi connectivity index (χ1n) is 8.47. The first-order valence-corrected chi connectivity index (χ1v) is 9.46. The van der Waals surface area contributed by atoms with Crippen molar-refractivity contribution in [1.82, 2.24) is 20.6 Å². The van der Waals surface area contributed by atoms with Gasteiger partial charge < -0.3 is 0 Å². The number of hydrazine groups is 1. The largest absolute Gasteiger partial charge is 0.272 e. The molecular weight excluding hydrogens is 348 g/mol. The number of carbonyl (C=O) groups is 2. The van der Waals surface area contributed by atoms with Crippen molar-refractivity contribution in [2.24, 2.45) is 0 Å². The number of hydrogen-bond acceptors (Lipinski definition) is 4. The SMILES string of the molecule is Cc1cc(C)n(CC(=O)NNC(=O)CSc2ccc(C(C)(C)C)cc2)n1. The summed E-state index contributed by atoms with van der Waals surface area (Å²) in [5.41, 5.74) is 7.97. The van der Waals surface area contributed by atoms with E-state index in [0.717, 1.165) is 16.3 Å². The van der Waals surface area contributed by atoms with Crippen molar-refractivity contribution in [2.45, 2.75) is 51.5 Å². The number of benzene rings is 1. The molecule has 0 aliphatic rings. The molecule has 2 aromatic rings. The monoisotopic (exact) mass is 374 g/mol. The smallest absolute Gasteiger partial charge is 0.260 e. The lowest BCUT2D eigenvalue weighted by Gasteiger charge is -2.19. The number of nitrogens with one attached hydrogen (secondary N) is 2. The summed E-state index contributed by atoms with van der Waals surface area (Å²) in [4.78, 5) is 24.8. The summed E-state index contributed by atoms with van der Waals surface area (Å²) in [6, 6.07) is 10.1. The Hall–Kier alpha value is -2.28.